The summed E-state index contributed by atoms with van der Waals surface area (Å²) in [4.78, 5) is 1.63. The largest absolute Gasteiger partial charge is 0.451 e. The van der Waals surface area contributed by atoms with Crippen LogP contribution in [0.25, 0.3) is 0 Å². The van der Waals surface area contributed by atoms with E-state index in [2.05, 4.69) is 13.8 Å². The van der Waals surface area contributed by atoms with Crippen LogP contribution in [0.2, 0.25) is 5.02 Å². The second-order valence-electron chi connectivity index (χ2n) is 7.91. The first kappa shape index (κ1) is 28.9. The third-order valence-electron chi connectivity index (χ3n) is 5.20. The van der Waals surface area contributed by atoms with E-state index in [1.54, 1.807) is 35.2 Å². The number of anilines is 2. The van der Waals surface area contributed by atoms with Crippen molar-refractivity contribution >= 4 is 33.0 Å². The van der Waals surface area contributed by atoms with Crippen molar-refractivity contribution in [1.82, 2.24) is 0 Å². The lowest BCUT2D eigenvalue weighted by Gasteiger charge is -2.25. The van der Waals surface area contributed by atoms with Gasteiger partial charge in [0.25, 0.3) is 0 Å². The lowest BCUT2D eigenvalue weighted by Crippen LogP contribution is -2.29. The maximum absolute atomic E-state index is 13.5. The van der Waals surface area contributed by atoms with Gasteiger partial charge in [0.2, 0.25) is 10.0 Å². The SMILES string of the molecule is CCC(C)CN(CO)c1ccc(S(N)(=O)=O)c(N)c1.N#Cc1cccc(F)c1Oc1ccccc1Cl. The van der Waals surface area contributed by atoms with Gasteiger partial charge in [-0.1, -0.05) is 50.1 Å². The van der Waals surface area contributed by atoms with Crippen LogP contribution in [0.3, 0.4) is 0 Å². The van der Waals surface area contributed by atoms with Crippen molar-refractivity contribution in [1.29, 1.82) is 5.26 Å². The normalized spacial score (nSPS) is 11.6. The Morgan fingerprint density at radius 3 is 2.44 bits per heavy atom. The number of hydrogen-bond acceptors (Lipinski definition) is 7. The molecule has 3 aromatic carbocycles. The van der Waals surface area contributed by atoms with Crippen molar-refractivity contribution < 1.29 is 22.7 Å². The zero-order chi connectivity index (χ0) is 26.9. The Bertz CT molecular complexity index is 1330. The first-order chi connectivity index (χ1) is 17.0. The molecular weight excluding hydrogens is 507 g/mol. The number of rotatable bonds is 8. The maximum atomic E-state index is 13.5. The van der Waals surface area contributed by atoms with Crippen molar-refractivity contribution in [2.24, 2.45) is 11.1 Å². The Balaban J connectivity index is 0.000000255. The molecule has 0 aliphatic carbocycles. The number of nitrogens with two attached hydrogens (primary N) is 2. The van der Waals surface area contributed by atoms with Crippen LogP contribution >= 0.6 is 11.6 Å². The molecule has 0 heterocycles. The molecule has 5 N–H and O–H groups in total. The first-order valence-electron chi connectivity index (χ1n) is 10.9. The fourth-order valence-corrected chi connectivity index (χ4v) is 3.90. The molecule has 1 unspecified atom stereocenters. The van der Waals surface area contributed by atoms with E-state index in [1.807, 2.05) is 6.07 Å². The molecule has 0 aliphatic heterocycles. The topological polar surface area (TPSA) is 143 Å². The van der Waals surface area contributed by atoms with Crippen LogP contribution in [0.4, 0.5) is 15.8 Å². The number of primary sulfonamides is 1. The van der Waals surface area contributed by atoms with Gasteiger partial charge in [-0.05, 0) is 48.4 Å². The number of nitrogen functional groups attached to an aromatic ring is 1. The van der Waals surface area contributed by atoms with Crippen LogP contribution in [0.1, 0.15) is 25.8 Å². The highest BCUT2D eigenvalue weighted by atomic mass is 35.5. The van der Waals surface area contributed by atoms with Gasteiger partial charge < -0.3 is 20.5 Å². The van der Waals surface area contributed by atoms with Gasteiger partial charge in [0.05, 0.1) is 16.3 Å². The summed E-state index contributed by atoms with van der Waals surface area (Å²) >= 11 is 5.89. The second kappa shape index (κ2) is 13.1. The number of para-hydroxylation sites is 2. The third-order valence-corrected chi connectivity index (χ3v) is 6.50. The highest BCUT2D eigenvalue weighted by Gasteiger charge is 2.16. The zero-order valence-corrected chi connectivity index (χ0v) is 21.4. The number of halogens is 2. The van der Waals surface area contributed by atoms with Crippen LogP contribution in [-0.4, -0.2) is 26.8 Å². The molecule has 0 aliphatic rings. The van der Waals surface area contributed by atoms with E-state index in [0.29, 0.717) is 28.9 Å². The predicted octanol–water partition coefficient (Wildman–Crippen LogP) is 4.86. The molecule has 0 saturated heterocycles. The van der Waals surface area contributed by atoms with Crippen LogP contribution in [-0.2, 0) is 10.0 Å². The molecule has 8 nitrogen and oxygen atoms in total. The maximum Gasteiger partial charge on any atom is 0.240 e. The van der Waals surface area contributed by atoms with Gasteiger partial charge >= 0.3 is 0 Å². The lowest BCUT2D eigenvalue weighted by atomic mass is 10.1. The standard InChI is InChI=1S/C13H7ClFNO.C12H21N3O3S/c14-10-5-1-2-7-12(10)17-13-9(8-16)4-3-6-11(13)15;1-3-9(2)7-15(8-16)10-4-5-12(11(13)6-10)19(14,17)18/h1-7H;4-6,9,16H,3,7-8,13H2,1-2H3,(H2,14,17,18). The van der Waals surface area contributed by atoms with Gasteiger partial charge in [0.1, 0.15) is 23.4 Å². The number of hydrogen-bond donors (Lipinski definition) is 3. The van der Waals surface area contributed by atoms with Gasteiger partial charge in [-0.3, -0.25) is 0 Å². The van der Waals surface area contributed by atoms with E-state index in [9.17, 15) is 17.9 Å². The summed E-state index contributed by atoms with van der Waals surface area (Å²) in [6.07, 6.45) is 0.987. The summed E-state index contributed by atoms with van der Waals surface area (Å²) in [6.45, 7) is 4.66. The van der Waals surface area contributed by atoms with Crippen LogP contribution in [0.15, 0.2) is 65.6 Å². The molecule has 3 aromatic rings. The van der Waals surface area contributed by atoms with Gasteiger partial charge in [0.15, 0.2) is 11.6 Å². The smallest absolute Gasteiger partial charge is 0.240 e. The lowest BCUT2D eigenvalue weighted by molar-refractivity contribution is 0.283. The number of benzene rings is 3. The molecule has 36 heavy (non-hydrogen) atoms. The number of sulfonamides is 1. The van der Waals surface area contributed by atoms with E-state index in [0.717, 1.165) is 6.42 Å². The van der Waals surface area contributed by atoms with Crippen LogP contribution in [0, 0.1) is 23.1 Å². The summed E-state index contributed by atoms with van der Waals surface area (Å²) in [6, 6.07) is 17.2. The van der Waals surface area contributed by atoms with E-state index in [4.69, 9.17) is 32.5 Å². The van der Waals surface area contributed by atoms with E-state index in [1.165, 1.54) is 30.3 Å². The van der Waals surface area contributed by atoms with E-state index >= 15 is 0 Å². The minimum atomic E-state index is -3.82. The predicted molar refractivity (Wildman–Crippen MR) is 139 cm³/mol. The molecule has 11 heteroatoms. The molecule has 0 spiro atoms. The van der Waals surface area contributed by atoms with Crippen molar-refractivity contribution in [3.05, 3.63) is 77.1 Å². The highest BCUT2D eigenvalue weighted by molar-refractivity contribution is 7.89. The fourth-order valence-electron chi connectivity index (χ4n) is 3.08. The highest BCUT2D eigenvalue weighted by Crippen LogP contribution is 2.32. The Kier molecular flexibility index (Phi) is 10.5. The van der Waals surface area contributed by atoms with Crippen LogP contribution < -0.4 is 20.5 Å². The molecule has 0 radical (unpaired) electrons. The zero-order valence-electron chi connectivity index (χ0n) is 19.9. The molecule has 0 aromatic heterocycles. The average molecular weight is 535 g/mol. The summed E-state index contributed by atoms with van der Waals surface area (Å²) in [7, 11) is -3.82. The number of aliphatic hydroxyl groups is 1. The molecule has 1 atom stereocenters. The first-order valence-corrected chi connectivity index (χ1v) is 12.8. The molecule has 0 fully saturated rings. The Labute approximate surface area is 215 Å². The Morgan fingerprint density at radius 2 is 1.89 bits per heavy atom. The average Bonchev–Trinajstić information content (AvgIpc) is 2.84. The summed E-state index contributed by atoms with van der Waals surface area (Å²) in [5, 5.41) is 23.7. The van der Waals surface area contributed by atoms with E-state index in [-0.39, 0.29) is 28.6 Å². The van der Waals surface area contributed by atoms with Gasteiger partial charge in [-0.25, -0.2) is 17.9 Å². The minimum absolute atomic E-state index is 0.0857. The molecule has 3 rings (SSSR count). The number of nitrogens with zero attached hydrogens (tertiary/aromatic N) is 2. The second-order valence-corrected chi connectivity index (χ2v) is 9.84. The monoisotopic (exact) mass is 534 g/mol. The molecule has 192 valence electrons. The van der Waals surface area contributed by atoms with Crippen LogP contribution in [0.5, 0.6) is 11.5 Å². The van der Waals surface area contributed by atoms with Crippen molar-refractivity contribution in [2.45, 2.75) is 25.2 Å². The third kappa shape index (κ3) is 7.83. The molecule has 0 amide bonds. The van der Waals surface area contributed by atoms with Crippen molar-refractivity contribution in [2.75, 3.05) is 23.9 Å². The molecule has 0 bridgehead atoms. The van der Waals surface area contributed by atoms with Gasteiger partial charge in [0, 0.05) is 12.2 Å². The van der Waals surface area contributed by atoms with Crippen molar-refractivity contribution in [3.63, 3.8) is 0 Å². The van der Waals surface area contributed by atoms with Gasteiger partial charge in [-0.2, -0.15) is 5.26 Å². The minimum Gasteiger partial charge on any atom is -0.451 e. The fraction of sp³-hybridized carbons (Fsp3) is 0.240. The summed E-state index contributed by atoms with van der Waals surface area (Å²) in [5.41, 5.74) is 6.58. The van der Waals surface area contributed by atoms with E-state index < -0.39 is 15.8 Å². The quantitative estimate of drug-likeness (QED) is 0.276. The number of nitriles is 1. The van der Waals surface area contributed by atoms with Crippen molar-refractivity contribution in [3.8, 4) is 17.6 Å². The summed E-state index contributed by atoms with van der Waals surface area (Å²) < 4.78 is 41.4. The van der Waals surface area contributed by atoms with Gasteiger partial charge in [-0.15, -0.1) is 0 Å². The summed E-state index contributed by atoms with van der Waals surface area (Å²) in [5.74, 6) is 0.0223. The Hall–Kier alpha value is -3.36. The number of aliphatic hydroxyl groups excluding tert-OH is 1. The Morgan fingerprint density at radius 1 is 1.19 bits per heavy atom. The number of ether oxygens (including phenoxy) is 1. The molecular formula is C25H28ClFN4O4S. The molecule has 0 saturated carbocycles.